The molecule has 8 heteroatoms. The quantitative estimate of drug-likeness (QED) is 0.807. The van der Waals surface area contributed by atoms with E-state index in [0.717, 1.165) is 12.1 Å². The molecule has 0 aromatic heterocycles. The van der Waals surface area contributed by atoms with E-state index in [1.807, 2.05) is 0 Å². The second-order valence-corrected chi connectivity index (χ2v) is 4.90. The van der Waals surface area contributed by atoms with Gasteiger partial charge in [0.25, 0.3) is 5.91 Å². The number of hydrogen-bond acceptors (Lipinski definition) is 4. The van der Waals surface area contributed by atoms with Crippen molar-refractivity contribution in [2.75, 3.05) is 19.0 Å². The van der Waals surface area contributed by atoms with Crippen LogP contribution in [-0.2, 0) is 11.0 Å². The Bertz CT molecular complexity index is 775. The molecule has 25 heavy (non-hydrogen) atoms. The van der Waals surface area contributed by atoms with Crippen molar-refractivity contribution in [2.24, 2.45) is 0 Å². The van der Waals surface area contributed by atoms with Crippen LogP contribution in [0.4, 0.5) is 18.9 Å². The van der Waals surface area contributed by atoms with Crippen LogP contribution >= 0.6 is 0 Å². The minimum Gasteiger partial charge on any atom is -0.497 e. The number of alkyl halides is 3. The number of halogens is 3. The molecule has 0 unspecified atom stereocenters. The van der Waals surface area contributed by atoms with Gasteiger partial charge in [0.15, 0.2) is 12.9 Å². The molecule has 0 aliphatic carbocycles. The van der Waals surface area contributed by atoms with Crippen LogP contribution in [-0.4, -0.2) is 25.9 Å². The molecule has 0 fully saturated rings. The third kappa shape index (κ3) is 4.72. The van der Waals surface area contributed by atoms with Crippen molar-refractivity contribution in [1.82, 2.24) is 0 Å². The van der Waals surface area contributed by atoms with Crippen molar-refractivity contribution in [1.29, 1.82) is 0 Å². The van der Waals surface area contributed by atoms with Crippen LogP contribution in [0.2, 0.25) is 0 Å². The monoisotopic (exact) mass is 353 g/mol. The number of anilines is 1. The first-order valence-corrected chi connectivity index (χ1v) is 7.07. The lowest BCUT2D eigenvalue weighted by Crippen LogP contribution is -2.22. The summed E-state index contributed by atoms with van der Waals surface area (Å²) in [5, 5.41) is 2.15. The fourth-order valence-electron chi connectivity index (χ4n) is 2.05. The number of methoxy groups -OCH3 is 1. The van der Waals surface area contributed by atoms with Crippen LogP contribution in [0.5, 0.6) is 11.5 Å². The van der Waals surface area contributed by atoms with Gasteiger partial charge in [-0.25, -0.2) is 0 Å². The summed E-state index contributed by atoms with van der Waals surface area (Å²) in [5.74, 6) is -0.238. The zero-order valence-corrected chi connectivity index (χ0v) is 13.1. The largest absolute Gasteiger partial charge is 0.497 e. The number of ether oxygens (including phenoxy) is 2. The zero-order valence-electron chi connectivity index (χ0n) is 13.1. The topological polar surface area (TPSA) is 64.6 Å². The van der Waals surface area contributed by atoms with Crippen LogP contribution in [0.3, 0.4) is 0 Å². The van der Waals surface area contributed by atoms with Crippen molar-refractivity contribution in [3.05, 3.63) is 53.6 Å². The van der Waals surface area contributed by atoms with Crippen molar-refractivity contribution in [3.8, 4) is 11.5 Å². The minimum atomic E-state index is -4.59. The van der Waals surface area contributed by atoms with Crippen molar-refractivity contribution >= 4 is 17.9 Å². The lowest BCUT2D eigenvalue weighted by atomic mass is 10.1. The predicted octanol–water partition coefficient (Wildman–Crippen LogP) is 3.54. The van der Waals surface area contributed by atoms with E-state index in [4.69, 9.17) is 9.47 Å². The molecule has 0 bridgehead atoms. The maximum Gasteiger partial charge on any atom is 0.418 e. The van der Waals surface area contributed by atoms with Gasteiger partial charge in [-0.3, -0.25) is 9.59 Å². The van der Waals surface area contributed by atoms with Gasteiger partial charge in [0.2, 0.25) is 0 Å². The van der Waals surface area contributed by atoms with E-state index in [2.05, 4.69) is 5.32 Å². The first-order chi connectivity index (χ1) is 11.8. The second kappa shape index (κ2) is 7.69. The average Bonchev–Trinajstić information content (AvgIpc) is 2.59. The van der Waals surface area contributed by atoms with Gasteiger partial charge >= 0.3 is 6.18 Å². The summed E-state index contributed by atoms with van der Waals surface area (Å²) in [4.78, 5) is 22.9. The number of para-hydroxylation sites is 1. The van der Waals surface area contributed by atoms with Crippen LogP contribution in [0, 0.1) is 0 Å². The number of carbonyl (C=O) groups is 2. The summed E-state index contributed by atoms with van der Waals surface area (Å²) in [5.41, 5.74) is -1.17. The Balaban J connectivity index is 2.06. The van der Waals surface area contributed by atoms with Crippen LogP contribution < -0.4 is 14.8 Å². The number of benzene rings is 2. The Morgan fingerprint density at radius 2 is 1.92 bits per heavy atom. The smallest absolute Gasteiger partial charge is 0.418 e. The molecular weight excluding hydrogens is 339 g/mol. The highest BCUT2D eigenvalue weighted by molar-refractivity contribution is 5.93. The Kier molecular flexibility index (Phi) is 5.63. The van der Waals surface area contributed by atoms with E-state index < -0.39 is 24.3 Å². The molecule has 0 atom stereocenters. The van der Waals surface area contributed by atoms with E-state index in [-0.39, 0.29) is 17.0 Å². The van der Waals surface area contributed by atoms with Gasteiger partial charge in [0, 0.05) is 0 Å². The van der Waals surface area contributed by atoms with Crippen molar-refractivity contribution < 1.29 is 32.2 Å². The predicted molar refractivity (Wildman–Crippen MR) is 84.0 cm³/mol. The van der Waals surface area contributed by atoms with Gasteiger partial charge in [0.1, 0.15) is 11.5 Å². The molecule has 2 rings (SSSR count). The van der Waals surface area contributed by atoms with Crippen molar-refractivity contribution in [3.63, 3.8) is 0 Å². The Morgan fingerprint density at radius 3 is 2.56 bits per heavy atom. The third-order valence-corrected chi connectivity index (χ3v) is 3.21. The van der Waals surface area contributed by atoms with Gasteiger partial charge in [0.05, 0.1) is 23.9 Å². The van der Waals surface area contributed by atoms with Crippen LogP contribution in [0.1, 0.15) is 15.9 Å². The van der Waals surface area contributed by atoms with E-state index in [1.165, 1.54) is 37.4 Å². The number of amides is 1. The Hall–Kier alpha value is -3.03. The maximum atomic E-state index is 12.9. The van der Waals surface area contributed by atoms with Crippen LogP contribution in [0.15, 0.2) is 42.5 Å². The molecule has 0 spiro atoms. The number of aldehydes is 1. The molecule has 2 aromatic rings. The molecule has 0 aliphatic rings. The van der Waals surface area contributed by atoms with E-state index in [9.17, 15) is 22.8 Å². The minimum absolute atomic E-state index is 0.120. The highest BCUT2D eigenvalue weighted by atomic mass is 19.4. The fourth-order valence-corrected chi connectivity index (χ4v) is 2.05. The first-order valence-electron chi connectivity index (χ1n) is 7.07. The Morgan fingerprint density at radius 1 is 1.20 bits per heavy atom. The molecule has 0 aliphatic heterocycles. The molecule has 5 nitrogen and oxygen atoms in total. The first kappa shape index (κ1) is 18.3. The van der Waals surface area contributed by atoms with E-state index in [1.54, 1.807) is 0 Å². The number of carbonyl (C=O) groups excluding carboxylic acids is 2. The summed E-state index contributed by atoms with van der Waals surface area (Å²) in [7, 11) is 1.43. The lowest BCUT2D eigenvalue weighted by molar-refractivity contribution is -0.137. The molecule has 0 saturated carbocycles. The molecule has 2 aromatic carbocycles. The fraction of sp³-hybridized carbons (Fsp3) is 0.176. The SMILES string of the molecule is COc1ccc(OCC(=O)Nc2ccccc2C(F)(F)F)c(C=O)c1. The van der Waals surface area contributed by atoms with Gasteiger partial charge in [-0.15, -0.1) is 0 Å². The van der Waals surface area contributed by atoms with Crippen LogP contribution in [0.25, 0.3) is 0 Å². The summed E-state index contributed by atoms with van der Waals surface area (Å²) >= 11 is 0. The molecule has 132 valence electrons. The number of hydrogen-bond donors (Lipinski definition) is 1. The van der Waals surface area contributed by atoms with Gasteiger partial charge in [-0.2, -0.15) is 13.2 Å². The molecule has 0 radical (unpaired) electrons. The summed E-state index contributed by atoms with van der Waals surface area (Å²) in [6.07, 6.45) is -4.07. The summed E-state index contributed by atoms with van der Waals surface area (Å²) < 4.78 is 48.8. The van der Waals surface area contributed by atoms with Gasteiger partial charge < -0.3 is 14.8 Å². The number of rotatable bonds is 6. The zero-order chi connectivity index (χ0) is 18.4. The average molecular weight is 353 g/mol. The molecule has 1 amide bonds. The van der Waals surface area contributed by atoms with Gasteiger partial charge in [-0.1, -0.05) is 12.1 Å². The highest BCUT2D eigenvalue weighted by Crippen LogP contribution is 2.34. The van der Waals surface area contributed by atoms with E-state index >= 15 is 0 Å². The maximum absolute atomic E-state index is 12.9. The molecule has 1 N–H and O–H groups in total. The highest BCUT2D eigenvalue weighted by Gasteiger charge is 2.33. The molecule has 0 heterocycles. The van der Waals surface area contributed by atoms with Gasteiger partial charge in [-0.05, 0) is 30.3 Å². The second-order valence-electron chi connectivity index (χ2n) is 4.90. The number of nitrogens with one attached hydrogen (secondary N) is 1. The normalized spacial score (nSPS) is 10.9. The summed E-state index contributed by atoms with van der Waals surface area (Å²) in [6, 6.07) is 8.98. The molecular formula is C17H14F3NO4. The van der Waals surface area contributed by atoms with Crippen molar-refractivity contribution in [2.45, 2.75) is 6.18 Å². The lowest BCUT2D eigenvalue weighted by Gasteiger charge is -2.14. The van der Waals surface area contributed by atoms with E-state index in [0.29, 0.717) is 12.0 Å². The summed E-state index contributed by atoms with van der Waals surface area (Å²) in [6.45, 7) is -0.556. The third-order valence-electron chi connectivity index (χ3n) is 3.21. The molecule has 0 saturated heterocycles. The standard InChI is InChI=1S/C17H14F3NO4/c1-24-12-6-7-15(11(8-12)9-22)25-10-16(23)21-14-5-3-2-4-13(14)17(18,19)20/h2-9H,10H2,1H3,(H,21,23). The Labute approximate surface area is 141 Å².